The summed E-state index contributed by atoms with van der Waals surface area (Å²) in [5, 5.41) is 12.0. The molecule has 0 spiro atoms. The van der Waals surface area contributed by atoms with Crippen molar-refractivity contribution in [3.63, 3.8) is 0 Å². The average molecular weight is 255 g/mol. The van der Waals surface area contributed by atoms with Crippen molar-refractivity contribution in [1.82, 2.24) is 0 Å². The van der Waals surface area contributed by atoms with Gasteiger partial charge in [0.15, 0.2) is 0 Å². The van der Waals surface area contributed by atoms with Gasteiger partial charge in [-0.3, -0.25) is 0 Å². The van der Waals surface area contributed by atoms with Gasteiger partial charge in [-0.15, -0.1) is 0 Å². The topological polar surface area (TPSA) is 61.8 Å². The Morgan fingerprint density at radius 2 is 2.00 bits per heavy atom. The van der Waals surface area contributed by atoms with Crippen molar-refractivity contribution in [2.45, 2.75) is 13.5 Å². The molecule has 0 fully saturated rings. The maximum absolute atomic E-state index is 13.4. The Kier molecular flexibility index (Phi) is 3.67. The minimum Gasteiger partial charge on any atom is -0.399 e. The molecule has 0 bridgehead atoms. The fraction of sp³-hybridized carbons (Fsp3) is 0.133. The van der Waals surface area contributed by atoms with E-state index >= 15 is 0 Å². The average Bonchev–Trinajstić information content (AvgIpc) is 2.40. The van der Waals surface area contributed by atoms with Crippen LogP contribution in [0.25, 0.3) is 0 Å². The number of nitriles is 1. The zero-order chi connectivity index (χ0) is 13.8. The molecule has 0 atom stereocenters. The van der Waals surface area contributed by atoms with Crippen LogP contribution in [0, 0.1) is 24.1 Å². The molecule has 3 N–H and O–H groups in total. The Morgan fingerprint density at radius 1 is 1.26 bits per heavy atom. The fourth-order valence-electron chi connectivity index (χ4n) is 1.87. The van der Waals surface area contributed by atoms with Crippen LogP contribution < -0.4 is 11.1 Å². The normalized spacial score (nSPS) is 9.95. The molecule has 0 aliphatic carbocycles. The lowest BCUT2D eigenvalue weighted by atomic mass is 10.1. The number of nitrogens with one attached hydrogen (secondary N) is 1. The number of nitrogens with zero attached hydrogens (tertiary/aromatic N) is 1. The van der Waals surface area contributed by atoms with Crippen LogP contribution in [0.3, 0.4) is 0 Å². The third kappa shape index (κ3) is 2.66. The number of benzene rings is 2. The van der Waals surface area contributed by atoms with Gasteiger partial charge in [-0.05, 0) is 36.2 Å². The lowest BCUT2D eigenvalue weighted by Gasteiger charge is -2.12. The molecular formula is C15H14FN3. The molecule has 19 heavy (non-hydrogen) atoms. The predicted molar refractivity (Wildman–Crippen MR) is 74.0 cm³/mol. The summed E-state index contributed by atoms with van der Waals surface area (Å²) in [6.45, 7) is 2.43. The summed E-state index contributed by atoms with van der Waals surface area (Å²) in [6, 6.07) is 12.0. The Bertz CT molecular complexity index is 644. The number of nitrogens with two attached hydrogens (primary N) is 1. The van der Waals surface area contributed by atoms with Crippen LogP contribution in [-0.2, 0) is 6.54 Å². The lowest BCUT2D eigenvalue weighted by Crippen LogP contribution is -2.05. The Labute approximate surface area is 111 Å². The zero-order valence-electron chi connectivity index (χ0n) is 10.6. The monoisotopic (exact) mass is 255 g/mol. The number of nitrogen functional groups attached to an aromatic ring is 1. The minimum absolute atomic E-state index is 0.0315. The molecule has 0 saturated heterocycles. The molecule has 0 radical (unpaired) electrons. The Morgan fingerprint density at radius 3 is 2.74 bits per heavy atom. The first kappa shape index (κ1) is 12.9. The van der Waals surface area contributed by atoms with Crippen molar-refractivity contribution in [1.29, 1.82) is 5.26 Å². The summed E-state index contributed by atoms with van der Waals surface area (Å²) in [6.07, 6.45) is 0. The third-order valence-electron chi connectivity index (χ3n) is 3.08. The van der Waals surface area contributed by atoms with Crippen LogP contribution in [0.2, 0.25) is 0 Å². The van der Waals surface area contributed by atoms with Gasteiger partial charge in [0.05, 0.1) is 5.69 Å². The van der Waals surface area contributed by atoms with E-state index in [4.69, 9.17) is 11.0 Å². The van der Waals surface area contributed by atoms with Crippen LogP contribution >= 0.6 is 0 Å². The summed E-state index contributed by atoms with van der Waals surface area (Å²) in [7, 11) is 0. The summed E-state index contributed by atoms with van der Waals surface area (Å²) in [5.74, 6) is -0.517. The van der Waals surface area contributed by atoms with E-state index in [0.29, 0.717) is 12.2 Å². The molecular weight excluding hydrogens is 241 g/mol. The molecule has 0 amide bonds. The van der Waals surface area contributed by atoms with Crippen LogP contribution in [-0.4, -0.2) is 0 Å². The quantitative estimate of drug-likeness (QED) is 0.828. The van der Waals surface area contributed by atoms with Crippen molar-refractivity contribution in [3.8, 4) is 6.07 Å². The van der Waals surface area contributed by atoms with Gasteiger partial charge in [-0.1, -0.05) is 18.2 Å². The van der Waals surface area contributed by atoms with Gasteiger partial charge in [-0.2, -0.15) is 5.26 Å². The van der Waals surface area contributed by atoms with E-state index in [1.807, 2.05) is 31.2 Å². The molecule has 0 aliphatic heterocycles. The highest BCUT2D eigenvalue weighted by Gasteiger charge is 2.08. The van der Waals surface area contributed by atoms with Gasteiger partial charge in [-0.25, -0.2) is 4.39 Å². The molecule has 0 unspecified atom stereocenters. The van der Waals surface area contributed by atoms with Crippen molar-refractivity contribution in [2.75, 3.05) is 11.1 Å². The number of hydrogen-bond acceptors (Lipinski definition) is 3. The fourth-order valence-corrected chi connectivity index (χ4v) is 1.87. The molecule has 0 aromatic heterocycles. The second-order valence-electron chi connectivity index (χ2n) is 4.26. The highest BCUT2D eigenvalue weighted by atomic mass is 19.1. The summed E-state index contributed by atoms with van der Waals surface area (Å²) in [5.41, 5.74) is 9.08. The lowest BCUT2D eigenvalue weighted by molar-refractivity contribution is 0.624. The van der Waals surface area contributed by atoms with E-state index < -0.39 is 5.82 Å². The van der Waals surface area contributed by atoms with Gasteiger partial charge in [0, 0.05) is 12.2 Å². The third-order valence-corrected chi connectivity index (χ3v) is 3.08. The minimum atomic E-state index is -0.517. The maximum Gasteiger partial charge on any atom is 0.143 e. The largest absolute Gasteiger partial charge is 0.399 e. The van der Waals surface area contributed by atoms with Gasteiger partial charge in [0.2, 0.25) is 0 Å². The number of anilines is 2. The van der Waals surface area contributed by atoms with Crippen molar-refractivity contribution in [2.24, 2.45) is 0 Å². The molecule has 2 aromatic rings. The van der Waals surface area contributed by atoms with E-state index in [1.165, 1.54) is 6.07 Å². The van der Waals surface area contributed by atoms with Gasteiger partial charge >= 0.3 is 0 Å². The van der Waals surface area contributed by atoms with E-state index in [2.05, 4.69) is 5.32 Å². The van der Waals surface area contributed by atoms with E-state index in [1.54, 1.807) is 12.1 Å². The molecule has 3 nitrogen and oxygen atoms in total. The summed E-state index contributed by atoms with van der Waals surface area (Å²) < 4.78 is 13.4. The Hall–Kier alpha value is -2.54. The van der Waals surface area contributed by atoms with E-state index in [0.717, 1.165) is 16.8 Å². The highest BCUT2D eigenvalue weighted by molar-refractivity contribution is 5.59. The smallest absolute Gasteiger partial charge is 0.143 e. The molecule has 2 rings (SSSR count). The van der Waals surface area contributed by atoms with Crippen molar-refractivity contribution < 1.29 is 4.39 Å². The van der Waals surface area contributed by atoms with Crippen LogP contribution in [0.5, 0.6) is 0 Å². The molecule has 0 saturated carbocycles. The summed E-state index contributed by atoms with van der Waals surface area (Å²) in [4.78, 5) is 0. The van der Waals surface area contributed by atoms with Gasteiger partial charge in [0.1, 0.15) is 17.4 Å². The first-order valence-electron chi connectivity index (χ1n) is 5.90. The number of rotatable bonds is 3. The molecule has 4 heteroatoms. The van der Waals surface area contributed by atoms with E-state index in [9.17, 15) is 4.39 Å². The summed E-state index contributed by atoms with van der Waals surface area (Å²) >= 11 is 0. The van der Waals surface area contributed by atoms with Crippen LogP contribution in [0.1, 0.15) is 16.7 Å². The van der Waals surface area contributed by atoms with E-state index in [-0.39, 0.29) is 5.56 Å². The van der Waals surface area contributed by atoms with Crippen LogP contribution in [0.15, 0.2) is 36.4 Å². The second-order valence-corrected chi connectivity index (χ2v) is 4.26. The van der Waals surface area contributed by atoms with Gasteiger partial charge in [0.25, 0.3) is 0 Å². The molecule has 96 valence electrons. The maximum atomic E-state index is 13.4. The highest BCUT2D eigenvalue weighted by Crippen LogP contribution is 2.21. The van der Waals surface area contributed by atoms with Gasteiger partial charge < -0.3 is 11.1 Å². The van der Waals surface area contributed by atoms with Crippen molar-refractivity contribution >= 4 is 11.4 Å². The zero-order valence-corrected chi connectivity index (χ0v) is 10.6. The number of hydrogen-bond donors (Lipinski definition) is 2. The first-order chi connectivity index (χ1) is 9.13. The van der Waals surface area contributed by atoms with Crippen LogP contribution in [0.4, 0.5) is 15.8 Å². The Balaban J connectivity index is 2.22. The SMILES string of the molecule is Cc1c(N)cccc1CNc1cccc(F)c1C#N. The first-order valence-corrected chi connectivity index (χ1v) is 5.90. The number of halogens is 1. The molecule has 0 aliphatic rings. The standard InChI is InChI=1S/C15H14FN3/c1-10-11(4-2-6-14(10)18)9-19-15-7-3-5-13(16)12(15)8-17/h2-7,19H,9,18H2,1H3. The predicted octanol–water partition coefficient (Wildman–Crippen LogP) is 3.20. The molecule has 0 heterocycles. The van der Waals surface area contributed by atoms with Crippen molar-refractivity contribution in [3.05, 3.63) is 58.9 Å². The molecule has 2 aromatic carbocycles. The second kappa shape index (κ2) is 5.40.